The summed E-state index contributed by atoms with van der Waals surface area (Å²) >= 11 is 0. The highest BCUT2D eigenvalue weighted by molar-refractivity contribution is 7.92. The first-order chi connectivity index (χ1) is 18.5. The third-order valence-electron chi connectivity index (χ3n) is 6.62. The molecule has 0 saturated heterocycles. The van der Waals surface area contributed by atoms with Gasteiger partial charge < -0.3 is 10.2 Å². The Balaban J connectivity index is 2.02. The van der Waals surface area contributed by atoms with Gasteiger partial charge in [0.15, 0.2) is 0 Å². The molecule has 0 aliphatic heterocycles. The fourth-order valence-electron chi connectivity index (χ4n) is 4.38. The number of nitrogens with one attached hydrogen (secondary N) is 1. The number of amides is 2. The van der Waals surface area contributed by atoms with Crippen molar-refractivity contribution >= 4 is 27.5 Å². The molecule has 208 valence electrons. The second-order valence-corrected chi connectivity index (χ2v) is 12.0. The van der Waals surface area contributed by atoms with Gasteiger partial charge >= 0.3 is 0 Å². The maximum absolute atomic E-state index is 14.0. The summed E-state index contributed by atoms with van der Waals surface area (Å²) in [6.45, 7) is 8.08. The molecule has 3 aromatic carbocycles. The fourth-order valence-corrected chi connectivity index (χ4v) is 5.22. The normalized spacial score (nSPS) is 12.2. The highest BCUT2D eigenvalue weighted by Crippen LogP contribution is 2.23. The molecule has 0 saturated carbocycles. The molecule has 7 nitrogen and oxygen atoms in total. The third-order valence-corrected chi connectivity index (χ3v) is 7.76. The van der Waals surface area contributed by atoms with Crippen molar-refractivity contribution in [1.29, 1.82) is 0 Å². The number of rotatable bonds is 12. The molecule has 0 heterocycles. The zero-order chi connectivity index (χ0) is 28.6. The second-order valence-electron chi connectivity index (χ2n) is 10.1. The van der Waals surface area contributed by atoms with E-state index in [1.807, 2.05) is 80.6 Å². The van der Waals surface area contributed by atoms with Gasteiger partial charge in [-0.2, -0.15) is 0 Å². The molecule has 1 N–H and O–H groups in total. The minimum absolute atomic E-state index is 0.164. The predicted octanol–water partition coefficient (Wildman–Crippen LogP) is 4.66. The monoisotopic (exact) mass is 549 g/mol. The lowest BCUT2D eigenvalue weighted by molar-refractivity contribution is -0.140. The van der Waals surface area contributed by atoms with Crippen LogP contribution in [0.5, 0.6) is 0 Å². The van der Waals surface area contributed by atoms with E-state index in [0.717, 1.165) is 32.8 Å². The van der Waals surface area contributed by atoms with E-state index in [2.05, 4.69) is 19.2 Å². The van der Waals surface area contributed by atoms with Gasteiger partial charge in [-0.05, 0) is 48.6 Å². The molecule has 3 rings (SSSR count). The van der Waals surface area contributed by atoms with Gasteiger partial charge in [-0.1, -0.05) is 86.1 Å². The molecular weight excluding hydrogens is 510 g/mol. The molecule has 8 heteroatoms. The van der Waals surface area contributed by atoms with Crippen molar-refractivity contribution in [2.24, 2.45) is 0 Å². The quantitative estimate of drug-likeness (QED) is 0.356. The van der Waals surface area contributed by atoms with Crippen LogP contribution in [0, 0.1) is 6.92 Å². The summed E-state index contributed by atoms with van der Waals surface area (Å²) in [4.78, 5) is 28.9. The average Bonchev–Trinajstić information content (AvgIpc) is 2.90. The predicted molar refractivity (Wildman–Crippen MR) is 157 cm³/mol. The van der Waals surface area contributed by atoms with Crippen LogP contribution in [0.1, 0.15) is 48.9 Å². The molecule has 0 aliphatic carbocycles. The highest BCUT2D eigenvalue weighted by atomic mass is 32.2. The largest absolute Gasteiger partial charge is 0.355 e. The Kier molecular flexibility index (Phi) is 10.3. The van der Waals surface area contributed by atoms with Crippen LogP contribution in [-0.4, -0.2) is 50.5 Å². The number of hydrogen-bond acceptors (Lipinski definition) is 4. The number of benzene rings is 3. The first-order valence-corrected chi connectivity index (χ1v) is 15.1. The number of carbonyl (C=O) groups is 2. The van der Waals surface area contributed by atoms with E-state index in [1.165, 1.54) is 4.90 Å². The Morgan fingerprint density at radius 1 is 0.872 bits per heavy atom. The Labute approximate surface area is 232 Å². The van der Waals surface area contributed by atoms with Crippen LogP contribution in [0.4, 0.5) is 5.69 Å². The van der Waals surface area contributed by atoms with Crippen molar-refractivity contribution in [3.05, 3.63) is 101 Å². The van der Waals surface area contributed by atoms with Crippen molar-refractivity contribution in [2.75, 3.05) is 23.7 Å². The number of hydrogen-bond donors (Lipinski definition) is 1. The molecule has 3 aromatic rings. The van der Waals surface area contributed by atoms with Gasteiger partial charge in [-0.25, -0.2) is 8.42 Å². The number of carbonyl (C=O) groups excluding carboxylic acids is 2. The lowest BCUT2D eigenvalue weighted by Gasteiger charge is -2.33. The Morgan fingerprint density at radius 2 is 1.49 bits per heavy atom. The van der Waals surface area contributed by atoms with E-state index in [4.69, 9.17) is 0 Å². The summed E-state index contributed by atoms with van der Waals surface area (Å²) in [6.07, 6.45) is 1.39. The molecule has 1 unspecified atom stereocenters. The number of aryl methyl sites for hydroxylation is 1. The van der Waals surface area contributed by atoms with Crippen LogP contribution >= 0.6 is 0 Å². The molecule has 0 fully saturated rings. The van der Waals surface area contributed by atoms with E-state index >= 15 is 0 Å². The number of likely N-dealkylation sites (N-methyl/N-ethyl adjacent to an activating group) is 1. The average molecular weight is 550 g/mol. The number of anilines is 1. The minimum Gasteiger partial charge on any atom is -0.355 e. The van der Waals surface area contributed by atoms with E-state index in [9.17, 15) is 18.0 Å². The third kappa shape index (κ3) is 8.42. The smallest absolute Gasteiger partial charge is 0.244 e. The first-order valence-electron chi connectivity index (χ1n) is 13.2. The number of sulfonamides is 1. The van der Waals surface area contributed by atoms with Gasteiger partial charge in [0, 0.05) is 19.5 Å². The molecule has 0 spiro atoms. The van der Waals surface area contributed by atoms with Gasteiger partial charge in [0.05, 0.1) is 11.9 Å². The van der Waals surface area contributed by atoms with Crippen LogP contribution < -0.4 is 9.62 Å². The van der Waals surface area contributed by atoms with Gasteiger partial charge in [-0.15, -0.1) is 0 Å². The summed E-state index contributed by atoms with van der Waals surface area (Å²) < 4.78 is 26.9. The summed E-state index contributed by atoms with van der Waals surface area (Å²) in [5, 5.41) is 2.86. The van der Waals surface area contributed by atoms with E-state index in [0.29, 0.717) is 18.7 Å². The van der Waals surface area contributed by atoms with Crippen molar-refractivity contribution < 1.29 is 18.0 Å². The van der Waals surface area contributed by atoms with Crippen LogP contribution in [0.15, 0.2) is 78.9 Å². The second kappa shape index (κ2) is 13.4. The van der Waals surface area contributed by atoms with Crippen LogP contribution in [0.2, 0.25) is 0 Å². The Hall–Kier alpha value is -3.65. The summed E-state index contributed by atoms with van der Waals surface area (Å²) in [7, 11) is -3.79. The first kappa shape index (κ1) is 29.9. The zero-order valence-electron chi connectivity index (χ0n) is 23.4. The molecule has 1 atom stereocenters. The maximum atomic E-state index is 14.0. The fraction of sp³-hybridized carbons (Fsp3) is 0.355. The van der Waals surface area contributed by atoms with Crippen molar-refractivity contribution in [2.45, 2.75) is 52.6 Å². The Morgan fingerprint density at radius 3 is 2.03 bits per heavy atom. The lowest BCUT2D eigenvalue weighted by atomic mass is 10.0. The molecule has 0 bridgehead atoms. The van der Waals surface area contributed by atoms with Crippen LogP contribution in [0.25, 0.3) is 0 Å². The van der Waals surface area contributed by atoms with E-state index < -0.39 is 28.5 Å². The summed E-state index contributed by atoms with van der Waals surface area (Å²) in [5.74, 6) is -0.455. The van der Waals surface area contributed by atoms with Gasteiger partial charge in [-0.3, -0.25) is 13.9 Å². The molecule has 39 heavy (non-hydrogen) atoms. The standard InChI is InChI=1S/C31H39N3O4S/c1-6-32-31(36)29(20-25-10-8-7-9-11-25)33(21-26-14-12-24(4)13-15-26)30(35)22-34(39(5,37)38)28-18-16-27(17-19-28)23(2)3/h7-19,23,29H,6,20-22H2,1-5H3,(H,32,36). The van der Waals surface area contributed by atoms with Gasteiger partial charge in [0.2, 0.25) is 21.8 Å². The van der Waals surface area contributed by atoms with Gasteiger partial charge in [0.1, 0.15) is 12.6 Å². The number of nitrogens with zero attached hydrogens (tertiary/aromatic N) is 2. The summed E-state index contributed by atoms with van der Waals surface area (Å²) in [5.41, 5.74) is 4.30. The maximum Gasteiger partial charge on any atom is 0.244 e. The summed E-state index contributed by atoms with van der Waals surface area (Å²) in [6, 6.07) is 23.6. The zero-order valence-corrected chi connectivity index (χ0v) is 24.2. The molecule has 0 radical (unpaired) electrons. The molecule has 2 amide bonds. The SMILES string of the molecule is CCNC(=O)C(Cc1ccccc1)N(Cc1ccc(C)cc1)C(=O)CN(c1ccc(C(C)C)cc1)S(C)(=O)=O. The van der Waals surface area contributed by atoms with Gasteiger partial charge in [0.25, 0.3) is 0 Å². The van der Waals surface area contributed by atoms with Crippen LogP contribution in [0.3, 0.4) is 0 Å². The molecular formula is C31H39N3O4S. The topological polar surface area (TPSA) is 86.8 Å². The van der Waals surface area contributed by atoms with Crippen LogP contribution in [-0.2, 0) is 32.6 Å². The molecule has 0 aromatic heterocycles. The minimum atomic E-state index is -3.79. The lowest BCUT2D eigenvalue weighted by Crippen LogP contribution is -2.53. The van der Waals surface area contributed by atoms with E-state index in [1.54, 1.807) is 12.1 Å². The molecule has 0 aliphatic rings. The van der Waals surface area contributed by atoms with Crippen molar-refractivity contribution in [3.63, 3.8) is 0 Å². The van der Waals surface area contributed by atoms with Crippen molar-refractivity contribution in [1.82, 2.24) is 10.2 Å². The van der Waals surface area contributed by atoms with Crippen molar-refractivity contribution in [3.8, 4) is 0 Å². The highest BCUT2D eigenvalue weighted by Gasteiger charge is 2.32. The Bertz CT molecular complexity index is 1340. The van der Waals surface area contributed by atoms with E-state index in [-0.39, 0.29) is 18.4 Å².